The van der Waals surface area contributed by atoms with E-state index in [1.54, 1.807) is 11.1 Å². The lowest BCUT2D eigenvalue weighted by atomic mass is 10.1. The molecule has 1 fully saturated rings. The summed E-state index contributed by atoms with van der Waals surface area (Å²) in [6, 6.07) is 7.71. The maximum Gasteiger partial charge on any atom is 0.290 e. The zero-order chi connectivity index (χ0) is 16.7. The molecule has 1 amide bonds. The Balaban J connectivity index is 1.60. The van der Waals surface area contributed by atoms with Crippen molar-refractivity contribution in [1.29, 1.82) is 0 Å². The number of imidazole rings is 1. The highest BCUT2D eigenvalue weighted by Gasteiger charge is 2.30. The average molecular weight is 325 g/mol. The molecule has 0 bridgehead atoms. The summed E-state index contributed by atoms with van der Waals surface area (Å²) in [5, 5.41) is 0.979. The summed E-state index contributed by atoms with van der Waals surface area (Å²) >= 11 is 0. The van der Waals surface area contributed by atoms with Gasteiger partial charge in [-0.3, -0.25) is 4.79 Å². The van der Waals surface area contributed by atoms with Gasteiger partial charge in [-0.1, -0.05) is 18.2 Å². The predicted octanol–water partition coefficient (Wildman–Crippen LogP) is 2.99. The van der Waals surface area contributed by atoms with Crippen molar-refractivity contribution in [2.45, 2.75) is 20.0 Å². The van der Waals surface area contributed by atoms with Crippen molar-refractivity contribution in [3.8, 4) is 0 Å². The Morgan fingerprint density at radius 3 is 2.92 bits per heavy atom. The van der Waals surface area contributed by atoms with Crippen LogP contribution >= 0.6 is 0 Å². The van der Waals surface area contributed by atoms with Crippen LogP contribution in [-0.4, -0.2) is 40.5 Å². The van der Waals surface area contributed by atoms with E-state index in [-0.39, 0.29) is 12.0 Å². The normalized spacial score (nSPS) is 18.2. The third kappa shape index (κ3) is 2.49. The minimum Gasteiger partial charge on any atom is -0.451 e. The van der Waals surface area contributed by atoms with Crippen LogP contribution in [-0.2, 0) is 4.74 Å². The Morgan fingerprint density at radius 2 is 2.17 bits per heavy atom. The van der Waals surface area contributed by atoms with Gasteiger partial charge in [0, 0.05) is 29.4 Å². The number of morpholine rings is 1. The number of carbonyl (C=O) groups excluding carboxylic acids is 1. The number of H-pyrrole nitrogens is 1. The second-order valence-electron chi connectivity index (χ2n) is 6.11. The van der Waals surface area contributed by atoms with Gasteiger partial charge in [-0.15, -0.1) is 0 Å². The van der Waals surface area contributed by atoms with E-state index in [0.29, 0.717) is 25.5 Å². The van der Waals surface area contributed by atoms with Gasteiger partial charge in [0.1, 0.15) is 17.5 Å². The number of furan rings is 1. The first-order valence-electron chi connectivity index (χ1n) is 8.04. The largest absolute Gasteiger partial charge is 0.451 e. The van der Waals surface area contributed by atoms with Crippen LogP contribution in [0.4, 0.5) is 0 Å². The predicted molar refractivity (Wildman–Crippen MR) is 88.9 cm³/mol. The number of carbonyl (C=O) groups is 1. The number of aromatic nitrogens is 2. The van der Waals surface area contributed by atoms with Crippen LogP contribution in [0.1, 0.15) is 33.7 Å². The number of hydrogen-bond acceptors (Lipinski definition) is 4. The van der Waals surface area contributed by atoms with Gasteiger partial charge in [-0.25, -0.2) is 4.98 Å². The quantitative estimate of drug-likeness (QED) is 0.786. The van der Waals surface area contributed by atoms with Crippen LogP contribution in [0, 0.1) is 13.8 Å². The van der Waals surface area contributed by atoms with Crippen molar-refractivity contribution in [2.75, 3.05) is 19.7 Å². The smallest absolute Gasteiger partial charge is 0.290 e. The van der Waals surface area contributed by atoms with E-state index in [1.165, 1.54) is 0 Å². The molecule has 1 aliphatic heterocycles. The Kier molecular flexibility index (Phi) is 3.61. The topological polar surface area (TPSA) is 71.4 Å². The molecule has 1 saturated heterocycles. The van der Waals surface area contributed by atoms with Gasteiger partial charge in [0.15, 0.2) is 5.76 Å². The van der Waals surface area contributed by atoms with Gasteiger partial charge in [-0.2, -0.15) is 0 Å². The van der Waals surface area contributed by atoms with Gasteiger partial charge < -0.3 is 19.0 Å². The monoisotopic (exact) mass is 325 g/mol. The summed E-state index contributed by atoms with van der Waals surface area (Å²) in [7, 11) is 0. The molecule has 1 unspecified atom stereocenters. The highest BCUT2D eigenvalue weighted by atomic mass is 16.5. The molecule has 0 spiro atoms. The Labute approximate surface area is 139 Å². The summed E-state index contributed by atoms with van der Waals surface area (Å²) in [6.45, 7) is 5.36. The number of aromatic amines is 1. The molecule has 0 radical (unpaired) electrons. The number of benzene rings is 1. The van der Waals surface area contributed by atoms with Gasteiger partial charge in [0.25, 0.3) is 5.91 Å². The maximum absolute atomic E-state index is 12.9. The zero-order valence-electron chi connectivity index (χ0n) is 13.7. The van der Waals surface area contributed by atoms with E-state index in [1.807, 2.05) is 38.1 Å². The van der Waals surface area contributed by atoms with Crippen LogP contribution < -0.4 is 0 Å². The van der Waals surface area contributed by atoms with Gasteiger partial charge in [-0.05, 0) is 19.9 Å². The van der Waals surface area contributed by atoms with Gasteiger partial charge in [0.05, 0.1) is 13.2 Å². The van der Waals surface area contributed by atoms with Crippen molar-refractivity contribution in [2.24, 2.45) is 0 Å². The fourth-order valence-corrected chi connectivity index (χ4v) is 3.12. The van der Waals surface area contributed by atoms with Crippen LogP contribution in [0.3, 0.4) is 0 Å². The molecule has 3 heterocycles. The number of fused-ring (bicyclic) bond motifs is 1. The number of rotatable bonds is 2. The van der Waals surface area contributed by atoms with E-state index in [9.17, 15) is 4.79 Å². The van der Waals surface area contributed by atoms with Crippen molar-refractivity contribution in [3.05, 3.63) is 53.3 Å². The van der Waals surface area contributed by atoms with Crippen LogP contribution in [0.25, 0.3) is 11.0 Å². The molecule has 6 heteroatoms. The molecule has 24 heavy (non-hydrogen) atoms. The van der Waals surface area contributed by atoms with Crippen LogP contribution in [0.15, 0.2) is 34.9 Å². The zero-order valence-corrected chi connectivity index (χ0v) is 13.7. The second kappa shape index (κ2) is 5.79. The first-order valence-corrected chi connectivity index (χ1v) is 8.04. The third-order valence-corrected chi connectivity index (χ3v) is 4.42. The summed E-state index contributed by atoms with van der Waals surface area (Å²) in [5.74, 6) is 1.07. The molecule has 2 aromatic heterocycles. The lowest BCUT2D eigenvalue weighted by Crippen LogP contribution is -2.42. The molecular weight excluding hydrogens is 306 g/mol. The van der Waals surface area contributed by atoms with Crippen LogP contribution in [0.5, 0.6) is 0 Å². The fourth-order valence-electron chi connectivity index (χ4n) is 3.12. The number of nitrogens with zero attached hydrogens (tertiary/aromatic N) is 2. The summed E-state index contributed by atoms with van der Waals surface area (Å²) in [5.41, 5.74) is 2.60. The first-order chi connectivity index (χ1) is 11.6. The highest BCUT2D eigenvalue weighted by Crippen LogP contribution is 2.27. The van der Waals surface area contributed by atoms with Crippen molar-refractivity contribution in [1.82, 2.24) is 14.9 Å². The minimum absolute atomic E-state index is 0.0970. The molecule has 6 nitrogen and oxygen atoms in total. The first kappa shape index (κ1) is 15.0. The van der Waals surface area contributed by atoms with E-state index < -0.39 is 0 Å². The van der Waals surface area contributed by atoms with Crippen LogP contribution in [0.2, 0.25) is 0 Å². The number of amides is 1. The lowest BCUT2D eigenvalue weighted by molar-refractivity contribution is -0.0273. The maximum atomic E-state index is 12.9. The second-order valence-corrected chi connectivity index (χ2v) is 6.11. The molecule has 1 N–H and O–H groups in total. The molecule has 0 saturated carbocycles. The molecule has 0 aliphatic carbocycles. The Hall–Kier alpha value is -2.60. The third-order valence-electron chi connectivity index (χ3n) is 4.42. The number of nitrogens with one attached hydrogen (secondary N) is 1. The Bertz CT molecular complexity index is 896. The van der Waals surface area contributed by atoms with Crippen molar-refractivity contribution < 1.29 is 13.9 Å². The van der Waals surface area contributed by atoms with E-state index in [4.69, 9.17) is 9.15 Å². The lowest BCUT2D eigenvalue weighted by Gasteiger charge is -2.31. The molecular formula is C18H19N3O3. The number of para-hydroxylation sites is 1. The van der Waals surface area contributed by atoms with Gasteiger partial charge in [0.2, 0.25) is 0 Å². The van der Waals surface area contributed by atoms with E-state index in [2.05, 4.69) is 9.97 Å². The summed E-state index contributed by atoms with van der Waals surface area (Å²) in [4.78, 5) is 22.2. The molecule has 1 aliphatic rings. The average Bonchev–Trinajstić information content (AvgIpc) is 3.19. The van der Waals surface area contributed by atoms with Gasteiger partial charge >= 0.3 is 0 Å². The SMILES string of the molecule is Cc1cnc(C2CN(C(=O)c3oc4ccccc4c3C)CCO2)[nH]1. The molecule has 124 valence electrons. The van der Waals surface area contributed by atoms with Crippen molar-refractivity contribution in [3.63, 3.8) is 0 Å². The summed E-state index contributed by atoms with van der Waals surface area (Å²) < 4.78 is 11.6. The standard InChI is InChI=1S/C18H19N3O3/c1-11-9-19-17(20-11)15-10-21(7-8-23-15)18(22)16-12(2)13-5-3-4-6-14(13)24-16/h3-6,9,15H,7-8,10H2,1-2H3,(H,19,20). The van der Waals surface area contributed by atoms with Crippen molar-refractivity contribution >= 4 is 16.9 Å². The number of hydrogen-bond donors (Lipinski definition) is 1. The molecule has 1 atom stereocenters. The molecule has 3 aromatic rings. The minimum atomic E-state index is -0.235. The number of ether oxygens (including phenoxy) is 1. The van der Waals surface area contributed by atoms with E-state index in [0.717, 1.165) is 28.1 Å². The Morgan fingerprint density at radius 1 is 1.33 bits per heavy atom. The summed E-state index contributed by atoms with van der Waals surface area (Å²) in [6.07, 6.45) is 1.53. The highest BCUT2D eigenvalue weighted by molar-refractivity contribution is 5.98. The number of aryl methyl sites for hydroxylation is 2. The molecule has 4 rings (SSSR count). The van der Waals surface area contributed by atoms with E-state index >= 15 is 0 Å². The molecule has 1 aromatic carbocycles. The fraction of sp³-hybridized carbons (Fsp3) is 0.333.